The molecule has 0 aliphatic carbocycles. The van der Waals surface area contributed by atoms with Crippen molar-refractivity contribution >= 4 is 17.2 Å². The van der Waals surface area contributed by atoms with Gasteiger partial charge in [-0.25, -0.2) is 9.97 Å². The van der Waals surface area contributed by atoms with Crippen LogP contribution >= 0.6 is 0 Å². The maximum Gasteiger partial charge on any atom is 0.255 e. The Kier molecular flexibility index (Phi) is 4.09. The fourth-order valence-corrected chi connectivity index (χ4v) is 3.49. The normalized spacial score (nSPS) is 15.5. The van der Waals surface area contributed by atoms with Gasteiger partial charge in [0.25, 0.3) is 5.91 Å². The Morgan fingerprint density at radius 1 is 1.24 bits per heavy atom. The van der Waals surface area contributed by atoms with Gasteiger partial charge in [-0.1, -0.05) is 6.07 Å². The minimum absolute atomic E-state index is 0.117. The third-order valence-electron chi connectivity index (χ3n) is 4.98. The molecule has 1 fully saturated rings. The third-order valence-corrected chi connectivity index (χ3v) is 4.98. The lowest BCUT2D eigenvalue weighted by molar-refractivity contribution is 0.0713. The standard InChI is InChI=1S/C19H21N5O/c1-22(18-5-8-20-14-21-18)16-6-10-23(11-7-16)19(25)15-12-17-4-2-3-9-24(17)13-15/h2-5,8-9,12-14,16H,6-7,10-11H2,1H3. The molecule has 0 unspecified atom stereocenters. The first-order chi connectivity index (χ1) is 12.2. The van der Waals surface area contributed by atoms with Gasteiger partial charge in [-0.3, -0.25) is 4.79 Å². The highest BCUT2D eigenvalue weighted by Gasteiger charge is 2.26. The molecule has 0 spiro atoms. The number of hydrogen-bond donors (Lipinski definition) is 0. The summed E-state index contributed by atoms with van der Waals surface area (Å²) in [6, 6.07) is 10.2. The number of fused-ring (bicyclic) bond motifs is 1. The Bertz CT molecular complexity index is 835. The molecule has 0 aromatic carbocycles. The van der Waals surface area contributed by atoms with E-state index in [0.29, 0.717) is 6.04 Å². The summed E-state index contributed by atoms with van der Waals surface area (Å²) >= 11 is 0. The van der Waals surface area contributed by atoms with Crippen LogP contribution in [0.5, 0.6) is 0 Å². The van der Waals surface area contributed by atoms with Crippen molar-refractivity contribution < 1.29 is 4.79 Å². The molecular formula is C19H21N5O. The summed E-state index contributed by atoms with van der Waals surface area (Å²) in [5.41, 5.74) is 1.80. The van der Waals surface area contributed by atoms with Crippen molar-refractivity contribution in [1.29, 1.82) is 0 Å². The van der Waals surface area contributed by atoms with Crippen LogP contribution in [-0.4, -0.2) is 51.4 Å². The third kappa shape index (κ3) is 3.07. The average molecular weight is 335 g/mol. The molecule has 1 aliphatic heterocycles. The first-order valence-corrected chi connectivity index (χ1v) is 8.57. The lowest BCUT2D eigenvalue weighted by Gasteiger charge is -2.37. The number of aromatic nitrogens is 3. The van der Waals surface area contributed by atoms with Gasteiger partial charge in [-0.15, -0.1) is 0 Å². The molecule has 3 aromatic heterocycles. The van der Waals surface area contributed by atoms with Crippen molar-refractivity contribution in [3.8, 4) is 0 Å². The van der Waals surface area contributed by atoms with Gasteiger partial charge in [-0.05, 0) is 37.1 Å². The SMILES string of the molecule is CN(c1ccncn1)C1CCN(C(=O)c2cc3ccccn3c2)CC1. The van der Waals surface area contributed by atoms with E-state index in [1.807, 2.05) is 52.0 Å². The maximum atomic E-state index is 12.8. The van der Waals surface area contributed by atoms with Gasteiger partial charge in [-0.2, -0.15) is 0 Å². The molecule has 0 saturated carbocycles. The van der Waals surface area contributed by atoms with Crippen LogP contribution in [0.25, 0.3) is 5.52 Å². The number of hydrogen-bond acceptors (Lipinski definition) is 4. The van der Waals surface area contributed by atoms with Crippen LogP contribution in [0.15, 0.2) is 55.2 Å². The number of likely N-dealkylation sites (tertiary alicyclic amines) is 1. The zero-order valence-corrected chi connectivity index (χ0v) is 14.2. The number of amides is 1. The zero-order valence-electron chi connectivity index (χ0n) is 14.2. The molecule has 0 N–H and O–H groups in total. The van der Waals surface area contributed by atoms with Crippen molar-refractivity contribution in [2.75, 3.05) is 25.0 Å². The fraction of sp³-hybridized carbons (Fsp3) is 0.316. The van der Waals surface area contributed by atoms with E-state index in [-0.39, 0.29) is 5.91 Å². The zero-order chi connectivity index (χ0) is 17.2. The number of nitrogens with zero attached hydrogens (tertiary/aromatic N) is 5. The van der Waals surface area contributed by atoms with E-state index in [0.717, 1.165) is 42.8 Å². The molecular weight excluding hydrogens is 314 g/mol. The van der Waals surface area contributed by atoms with Crippen LogP contribution in [-0.2, 0) is 0 Å². The number of rotatable bonds is 3. The second-order valence-electron chi connectivity index (χ2n) is 6.46. The molecule has 6 nitrogen and oxygen atoms in total. The van der Waals surface area contributed by atoms with Crippen molar-refractivity contribution in [3.63, 3.8) is 0 Å². The first-order valence-electron chi connectivity index (χ1n) is 8.57. The van der Waals surface area contributed by atoms with E-state index in [1.54, 1.807) is 12.5 Å². The monoisotopic (exact) mass is 335 g/mol. The highest BCUT2D eigenvalue weighted by atomic mass is 16.2. The topological polar surface area (TPSA) is 53.7 Å². The van der Waals surface area contributed by atoms with Gasteiger partial charge in [0.2, 0.25) is 0 Å². The van der Waals surface area contributed by atoms with Crippen LogP contribution in [0.1, 0.15) is 23.2 Å². The molecule has 25 heavy (non-hydrogen) atoms. The Morgan fingerprint density at radius 2 is 2.08 bits per heavy atom. The van der Waals surface area contributed by atoms with E-state index in [9.17, 15) is 4.79 Å². The molecule has 3 aromatic rings. The Morgan fingerprint density at radius 3 is 2.80 bits per heavy atom. The van der Waals surface area contributed by atoms with Gasteiger partial charge in [0.05, 0.1) is 5.56 Å². The second kappa shape index (κ2) is 6.55. The van der Waals surface area contributed by atoms with Crippen LogP contribution in [0.3, 0.4) is 0 Å². The Hall–Kier alpha value is -2.89. The van der Waals surface area contributed by atoms with Crippen LogP contribution in [0.4, 0.5) is 5.82 Å². The maximum absolute atomic E-state index is 12.8. The van der Waals surface area contributed by atoms with E-state index in [1.165, 1.54) is 0 Å². The summed E-state index contributed by atoms with van der Waals surface area (Å²) in [5, 5.41) is 0. The second-order valence-corrected chi connectivity index (χ2v) is 6.46. The number of pyridine rings is 1. The quantitative estimate of drug-likeness (QED) is 0.738. The number of piperidine rings is 1. The van der Waals surface area contributed by atoms with Crippen LogP contribution in [0.2, 0.25) is 0 Å². The number of carbonyl (C=O) groups is 1. The predicted molar refractivity (Wildman–Crippen MR) is 96.8 cm³/mol. The minimum Gasteiger partial charge on any atom is -0.356 e. The molecule has 6 heteroatoms. The van der Waals surface area contributed by atoms with Gasteiger partial charge in [0.1, 0.15) is 12.1 Å². The summed E-state index contributed by atoms with van der Waals surface area (Å²) in [6.45, 7) is 1.54. The first kappa shape index (κ1) is 15.6. The summed E-state index contributed by atoms with van der Waals surface area (Å²) in [6.07, 6.45) is 9.10. The smallest absolute Gasteiger partial charge is 0.255 e. The highest BCUT2D eigenvalue weighted by Crippen LogP contribution is 2.21. The van der Waals surface area contributed by atoms with Gasteiger partial charge >= 0.3 is 0 Å². The van der Waals surface area contributed by atoms with E-state index in [4.69, 9.17) is 0 Å². The molecule has 1 aliphatic rings. The molecule has 0 bridgehead atoms. The van der Waals surface area contributed by atoms with E-state index < -0.39 is 0 Å². The Balaban J connectivity index is 1.42. The van der Waals surface area contributed by atoms with Crippen molar-refractivity contribution in [2.24, 2.45) is 0 Å². The predicted octanol–water partition coefficient (Wildman–Crippen LogP) is 2.47. The lowest BCUT2D eigenvalue weighted by atomic mass is 10.0. The van der Waals surface area contributed by atoms with Gasteiger partial charge in [0, 0.05) is 50.3 Å². The molecule has 4 heterocycles. The van der Waals surface area contributed by atoms with Crippen molar-refractivity contribution in [3.05, 3.63) is 60.8 Å². The van der Waals surface area contributed by atoms with Crippen LogP contribution in [0, 0.1) is 0 Å². The lowest BCUT2D eigenvalue weighted by Crippen LogP contribution is -2.45. The molecule has 1 amide bonds. The molecule has 0 atom stereocenters. The molecule has 128 valence electrons. The van der Waals surface area contributed by atoms with Gasteiger partial charge < -0.3 is 14.2 Å². The summed E-state index contributed by atoms with van der Waals surface area (Å²) in [5.74, 6) is 1.05. The Labute approximate surface area is 146 Å². The summed E-state index contributed by atoms with van der Waals surface area (Å²) in [4.78, 5) is 25.2. The van der Waals surface area contributed by atoms with E-state index in [2.05, 4.69) is 21.9 Å². The van der Waals surface area contributed by atoms with Crippen molar-refractivity contribution in [2.45, 2.75) is 18.9 Å². The highest BCUT2D eigenvalue weighted by molar-refractivity contribution is 5.95. The molecule has 0 radical (unpaired) electrons. The minimum atomic E-state index is 0.117. The fourth-order valence-electron chi connectivity index (χ4n) is 3.49. The number of carbonyl (C=O) groups excluding carboxylic acids is 1. The van der Waals surface area contributed by atoms with E-state index >= 15 is 0 Å². The summed E-state index contributed by atoms with van der Waals surface area (Å²) in [7, 11) is 2.06. The van der Waals surface area contributed by atoms with Gasteiger partial charge in [0.15, 0.2) is 0 Å². The summed E-state index contributed by atoms with van der Waals surface area (Å²) < 4.78 is 1.99. The largest absolute Gasteiger partial charge is 0.356 e. The average Bonchev–Trinajstić information content (AvgIpc) is 3.12. The molecule has 1 saturated heterocycles. The van der Waals surface area contributed by atoms with Crippen molar-refractivity contribution in [1.82, 2.24) is 19.3 Å². The van der Waals surface area contributed by atoms with Crippen LogP contribution < -0.4 is 4.90 Å². The molecule has 4 rings (SSSR count). The number of anilines is 1.